The Morgan fingerprint density at radius 1 is 1.00 bits per heavy atom. The first-order chi connectivity index (χ1) is 14.9. The third-order valence-corrected chi connectivity index (χ3v) is 4.59. The van der Waals surface area contributed by atoms with E-state index < -0.39 is 35.2 Å². The number of aryl methyl sites for hydroxylation is 1. The molecule has 0 spiro atoms. The average Bonchev–Trinajstić information content (AvgIpc) is 2.71. The third kappa shape index (κ3) is 10.4. The monoisotopic (exact) mass is 448 g/mol. The number of ketones is 1. The molecule has 0 aliphatic carbocycles. The number of methoxy groups -OCH3 is 1. The van der Waals surface area contributed by atoms with Crippen LogP contribution in [0.2, 0.25) is 0 Å². The lowest BCUT2D eigenvalue weighted by atomic mass is 10.0. The molecule has 1 rings (SSSR count). The van der Waals surface area contributed by atoms with Crippen molar-refractivity contribution in [3.05, 3.63) is 29.8 Å². The van der Waals surface area contributed by atoms with E-state index in [1.54, 1.807) is 41.7 Å². The van der Waals surface area contributed by atoms with E-state index in [4.69, 9.17) is 9.47 Å². The van der Waals surface area contributed by atoms with Gasteiger partial charge in [0.05, 0.1) is 7.11 Å². The van der Waals surface area contributed by atoms with Gasteiger partial charge in [-0.05, 0) is 63.6 Å². The number of rotatable bonds is 12. The SMILES string of the molecule is COc1ccc(CCCCC(=O)C(=O)N[C@H](C(=O)NCC(=O)OC(C)(C)C)C(C)C)cc1. The van der Waals surface area contributed by atoms with Gasteiger partial charge in [0, 0.05) is 6.42 Å². The van der Waals surface area contributed by atoms with Gasteiger partial charge < -0.3 is 20.1 Å². The van der Waals surface area contributed by atoms with Crippen molar-refractivity contribution in [3.8, 4) is 5.75 Å². The number of hydrogen-bond donors (Lipinski definition) is 2. The quantitative estimate of drug-likeness (QED) is 0.289. The Morgan fingerprint density at radius 3 is 2.16 bits per heavy atom. The fourth-order valence-corrected chi connectivity index (χ4v) is 2.92. The van der Waals surface area contributed by atoms with Crippen LogP contribution in [0, 0.1) is 5.92 Å². The molecule has 1 atom stereocenters. The van der Waals surface area contributed by atoms with Gasteiger partial charge in [0.1, 0.15) is 23.9 Å². The summed E-state index contributed by atoms with van der Waals surface area (Å²) in [5.41, 5.74) is 0.469. The standard InChI is InChI=1S/C24H36N2O6/c1-16(2)21(23(30)25-15-20(28)32-24(3,4)5)26-22(29)19(27)10-8-7-9-17-11-13-18(31-6)14-12-17/h11-14,16,21H,7-10,15H2,1-6H3,(H,25,30)(H,26,29)/t21-/m0/s1. The summed E-state index contributed by atoms with van der Waals surface area (Å²) in [6, 6.07) is 6.78. The van der Waals surface area contributed by atoms with Gasteiger partial charge in [-0.15, -0.1) is 0 Å². The van der Waals surface area contributed by atoms with Gasteiger partial charge >= 0.3 is 5.97 Å². The highest BCUT2D eigenvalue weighted by Gasteiger charge is 2.27. The molecule has 0 aromatic heterocycles. The van der Waals surface area contributed by atoms with Gasteiger partial charge in [0.2, 0.25) is 11.7 Å². The summed E-state index contributed by atoms with van der Waals surface area (Å²) in [5, 5.41) is 4.95. The van der Waals surface area contributed by atoms with Crippen molar-refractivity contribution < 1.29 is 28.7 Å². The molecule has 0 aliphatic heterocycles. The minimum Gasteiger partial charge on any atom is -0.497 e. The van der Waals surface area contributed by atoms with E-state index >= 15 is 0 Å². The molecular weight excluding hydrogens is 412 g/mol. The van der Waals surface area contributed by atoms with Crippen LogP contribution in [0.25, 0.3) is 0 Å². The Hall–Kier alpha value is -2.90. The minimum absolute atomic E-state index is 0.104. The van der Waals surface area contributed by atoms with E-state index in [1.807, 2.05) is 24.3 Å². The molecule has 178 valence electrons. The van der Waals surface area contributed by atoms with Gasteiger partial charge in [-0.3, -0.25) is 19.2 Å². The highest BCUT2D eigenvalue weighted by Crippen LogP contribution is 2.14. The zero-order valence-corrected chi connectivity index (χ0v) is 19.9. The predicted molar refractivity (Wildman–Crippen MR) is 121 cm³/mol. The Kier molecular flexibility index (Phi) is 10.9. The lowest BCUT2D eigenvalue weighted by Gasteiger charge is -2.22. The molecule has 1 aromatic carbocycles. The van der Waals surface area contributed by atoms with E-state index in [0.717, 1.165) is 24.2 Å². The van der Waals surface area contributed by atoms with Crippen LogP contribution in [0.1, 0.15) is 59.4 Å². The van der Waals surface area contributed by atoms with Gasteiger partial charge in [-0.25, -0.2) is 0 Å². The van der Waals surface area contributed by atoms with Crippen molar-refractivity contribution in [3.63, 3.8) is 0 Å². The minimum atomic E-state index is -0.923. The summed E-state index contributed by atoms with van der Waals surface area (Å²) in [6.45, 7) is 8.37. The first-order valence-corrected chi connectivity index (χ1v) is 10.9. The second-order valence-corrected chi connectivity index (χ2v) is 8.98. The van der Waals surface area contributed by atoms with Gasteiger partial charge in [0.15, 0.2) is 0 Å². The number of ether oxygens (including phenoxy) is 2. The van der Waals surface area contributed by atoms with Crippen LogP contribution in [0.5, 0.6) is 5.75 Å². The van der Waals surface area contributed by atoms with E-state index in [1.165, 1.54) is 0 Å². The van der Waals surface area contributed by atoms with E-state index in [0.29, 0.717) is 6.42 Å². The average molecular weight is 449 g/mol. The molecule has 2 amide bonds. The van der Waals surface area contributed by atoms with Gasteiger partial charge in [0.25, 0.3) is 5.91 Å². The molecule has 0 fully saturated rings. The van der Waals surface area contributed by atoms with E-state index in [-0.39, 0.29) is 18.9 Å². The lowest BCUT2D eigenvalue weighted by Crippen LogP contribution is -2.52. The molecule has 1 aromatic rings. The fourth-order valence-electron chi connectivity index (χ4n) is 2.92. The summed E-state index contributed by atoms with van der Waals surface area (Å²) >= 11 is 0. The number of esters is 1. The Labute approximate surface area is 190 Å². The van der Waals surface area contributed by atoms with Crippen LogP contribution in [0.15, 0.2) is 24.3 Å². The van der Waals surface area contributed by atoms with Gasteiger partial charge in [-0.1, -0.05) is 26.0 Å². The first kappa shape index (κ1) is 27.1. The number of amides is 2. The van der Waals surface area contributed by atoms with Crippen molar-refractivity contribution in [2.45, 2.75) is 71.9 Å². The molecule has 0 radical (unpaired) electrons. The molecular formula is C24H36N2O6. The van der Waals surface area contributed by atoms with Crippen molar-refractivity contribution in [2.24, 2.45) is 5.92 Å². The van der Waals surface area contributed by atoms with Crippen molar-refractivity contribution in [2.75, 3.05) is 13.7 Å². The smallest absolute Gasteiger partial charge is 0.325 e. The van der Waals surface area contributed by atoms with E-state index in [2.05, 4.69) is 10.6 Å². The number of nitrogens with one attached hydrogen (secondary N) is 2. The zero-order valence-electron chi connectivity index (χ0n) is 19.9. The molecule has 0 saturated carbocycles. The van der Waals surface area contributed by atoms with E-state index in [9.17, 15) is 19.2 Å². The number of carbonyl (C=O) groups excluding carboxylic acids is 4. The first-order valence-electron chi connectivity index (χ1n) is 10.9. The second-order valence-electron chi connectivity index (χ2n) is 8.98. The zero-order chi connectivity index (χ0) is 24.3. The normalized spacial score (nSPS) is 12.1. The van der Waals surface area contributed by atoms with Crippen LogP contribution in [0.3, 0.4) is 0 Å². The van der Waals surface area contributed by atoms with Crippen LogP contribution in [0.4, 0.5) is 0 Å². The van der Waals surface area contributed by atoms with Crippen molar-refractivity contribution in [1.82, 2.24) is 10.6 Å². The third-order valence-electron chi connectivity index (χ3n) is 4.59. The molecule has 32 heavy (non-hydrogen) atoms. The largest absolute Gasteiger partial charge is 0.497 e. The van der Waals surface area contributed by atoms with Gasteiger partial charge in [-0.2, -0.15) is 0 Å². The molecule has 0 bridgehead atoms. The summed E-state index contributed by atoms with van der Waals surface area (Å²) in [4.78, 5) is 48.7. The second kappa shape index (κ2) is 12.8. The lowest BCUT2D eigenvalue weighted by molar-refractivity contribution is -0.154. The van der Waals surface area contributed by atoms with Crippen molar-refractivity contribution >= 4 is 23.6 Å². The maximum Gasteiger partial charge on any atom is 0.325 e. The number of Topliss-reactive ketones (excluding diaryl/α,β-unsaturated/α-hetero) is 1. The molecule has 2 N–H and O–H groups in total. The van der Waals surface area contributed by atoms with Crippen LogP contribution >= 0.6 is 0 Å². The summed E-state index contributed by atoms with van der Waals surface area (Å²) in [5.74, 6) is -1.94. The number of unbranched alkanes of at least 4 members (excludes halogenated alkanes) is 1. The molecule has 8 nitrogen and oxygen atoms in total. The highest BCUT2D eigenvalue weighted by atomic mass is 16.6. The Balaban J connectivity index is 2.44. The molecule has 0 unspecified atom stereocenters. The summed E-state index contributed by atoms with van der Waals surface area (Å²) in [7, 11) is 1.61. The van der Waals surface area contributed by atoms with Crippen LogP contribution in [-0.2, 0) is 30.3 Å². The molecule has 8 heteroatoms. The topological polar surface area (TPSA) is 111 Å². The van der Waals surface area contributed by atoms with Crippen LogP contribution in [-0.4, -0.2) is 48.9 Å². The summed E-state index contributed by atoms with van der Waals surface area (Å²) < 4.78 is 10.3. The number of hydrogen-bond acceptors (Lipinski definition) is 6. The molecule has 0 saturated heterocycles. The molecule has 0 aliphatic rings. The number of carbonyl (C=O) groups is 4. The summed E-state index contributed by atoms with van der Waals surface area (Å²) in [6.07, 6.45) is 2.22. The maximum atomic E-state index is 12.4. The highest BCUT2D eigenvalue weighted by molar-refractivity contribution is 6.36. The number of benzene rings is 1. The maximum absolute atomic E-state index is 12.4. The Morgan fingerprint density at radius 2 is 1.62 bits per heavy atom. The fraction of sp³-hybridized carbons (Fsp3) is 0.583. The Bertz CT molecular complexity index is 781. The van der Waals surface area contributed by atoms with Crippen molar-refractivity contribution in [1.29, 1.82) is 0 Å². The van der Waals surface area contributed by atoms with Crippen LogP contribution < -0.4 is 15.4 Å². The predicted octanol–water partition coefficient (Wildman–Crippen LogP) is 2.58. The molecule has 0 heterocycles.